The Labute approximate surface area is 185 Å². The summed E-state index contributed by atoms with van der Waals surface area (Å²) in [5, 5.41) is 4.56. The van der Waals surface area contributed by atoms with Gasteiger partial charge in [-0.05, 0) is 49.8 Å². The number of thiophene rings is 1. The lowest BCUT2D eigenvalue weighted by atomic mass is 10.1. The SMILES string of the molecule is CC(=O)c1ccc(S(=O)(=O)N2CCCCC2C(=O)OCC(=O)NCc2cccs2)cc1. The van der Waals surface area contributed by atoms with Crippen LogP contribution >= 0.6 is 11.3 Å². The van der Waals surface area contributed by atoms with E-state index in [4.69, 9.17) is 4.74 Å². The van der Waals surface area contributed by atoms with E-state index >= 15 is 0 Å². The summed E-state index contributed by atoms with van der Waals surface area (Å²) in [4.78, 5) is 37.0. The van der Waals surface area contributed by atoms with E-state index in [1.807, 2.05) is 17.5 Å². The van der Waals surface area contributed by atoms with Gasteiger partial charge in [-0.15, -0.1) is 11.3 Å². The third kappa shape index (κ3) is 5.78. The maximum atomic E-state index is 13.1. The molecule has 3 rings (SSSR count). The predicted octanol–water partition coefficient (Wildman–Crippen LogP) is 2.35. The van der Waals surface area contributed by atoms with E-state index in [1.54, 1.807) is 0 Å². The van der Waals surface area contributed by atoms with Crippen molar-refractivity contribution < 1.29 is 27.5 Å². The molecule has 0 bridgehead atoms. The Balaban J connectivity index is 1.64. The smallest absolute Gasteiger partial charge is 0.324 e. The molecule has 1 aliphatic heterocycles. The maximum Gasteiger partial charge on any atom is 0.324 e. The minimum absolute atomic E-state index is 0.00545. The Hall–Kier alpha value is -2.56. The third-order valence-electron chi connectivity index (χ3n) is 4.98. The minimum atomic E-state index is -3.96. The van der Waals surface area contributed by atoms with Crippen LogP contribution in [0.5, 0.6) is 0 Å². The second kappa shape index (κ2) is 10.2. The first kappa shape index (κ1) is 23.1. The van der Waals surface area contributed by atoms with Crippen molar-refractivity contribution in [1.29, 1.82) is 0 Å². The fraction of sp³-hybridized carbons (Fsp3) is 0.381. The number of amides is 1. The molecule has 10 heteroatoms. The lowest BCUT2D eigenvalue weighted by Crippen LogP contribution is -2.49. The van der Waals surface area contributed by atoms with Gasteiger partial charge in [0, 0.05) is 17.0 Å². The number of nitrogens with one attached hydrogen (secondary N) is 1. The number of Topliss-reactive ketones (excluding diaryl/α,β-unsaturated/α-hetero) is 1. The highest BCUT2D eigenvalue weighted by Crippen LogP contribution is 2.26. The zero-order valence-electron chi connectivity index (χ0n) is 17.1. The van der Waals surface area contributed by atoms with E-state index in [0.717, 1.165) is 9.18 Å². The maximum absolute atomic E-state index is 13.1. The molecule has 31 heavy (non-hydrogen) atoms. The Morgan fingerprint density at radius 1 is 1.16 bits per heavy atom. The van der Waals surface area contributed by atoms with Crippen LogP contribution in [-0.2, 0) is 30.9 Å². The molecule has 0 saturated carbocycles. The predicted molar refractivity (Wildman–Crippen MR) is 115 cm³/mol. The Bertz CT molecular complexity index is 1030. The molecule has 0 spiro atoms. The number of ether oxygens (including phenoxy) is 1. The summed E-state index contributed by atoms with van der Waals surface area (Å²) in [5.41, 5.74) is 0.405. The van der Waals surface area contributed by atoms with Crippen molar-refractivity contribution in [3.8, 4) is 0 Å². The highest BCUT2D eigenvalue weighted by atomic mass is 32.2. The van der Waals surface area contributed by atoms with Crippen LogP contribution in [0, 0.1) is 0 Å². The van der Waals surface area contributed by atoms with Crippen molar-refractivity contribution in [1.82, 2.24) is 9.62 Å². The van der Waals surface area contributed by atoms with Crippen molar-refractivity contribution >= 4 is 39.0 Å². The molecular weight excluding hydrogens is 440 g/mol. The number of hydrogen-bond donors (Lipinski definition) is 1. The van der Waals surface area contributed by atoms with E-state index in [9.17, 15) is 22.8 Å². The standard InChI is InChI=1S/C21H24N2O6S2/c1-15(24)16-7-9-18(10-8-16)31(27,28)23-11-3-2-6-19(23)21(26)29-14-20(25)22-13-17-5-4-12-30-17/h4-5,7-10,12,19H,2-3,6,11,13-14H2,1H3,(H,22,25). The molecular formula is C21H24N2O6S2. The number of esters is 1. The van der Waals surface area contributed by atoms with Crippen LogP contribution in [0.3, 0.4) is 0 Å². The van der Waals surface area contributed by atoms with Crippen LogP contribution in [0.1, 0.15) is 41.4 Å². The van der Waals surface area contributed by atoms with Crippen LogP contribution in [0.25, 0.3) is 0 Å². The topological polar surface area (TPSA) is 110 Å². The van der Waals surface area contributed by atoms with Gasteiger partial charge in [0.15, 0.2) is 12.4 Å². The number of sulfonamides is 1. The Kier molecular flexibility index (Phi) is 7.58. The van der Waals surface area contributed by atoms with E-state index in [2.05, 4.69) is 5.32 Å². The molecule has 1 amide bonds. The van der Waals surface area contributed by atoms with Crippen LogP contribution in [-0.4, -0.2) is 49.6 Å². The summed E-state index contributed by atoms with van der Waals surface area (Å²) in [7, 11) is -3.96. The second-order valence-electron chi connectivity index (χ2n) is 7.17. The van der Waals surface area contributed by atoms with Gasteiger partial charge in [-0.1, -0.05) is 18.2 Å². The third-order valence-corrected chi connectivity index (χ3v) is 7.78. The van der Waals surface area contributed by atoms with Gasteiger partial charge in [-0.2, -0.15) is 4.31 Å². The molecule has 0 radical (unpaired) electrons. The summed E-state index contributed by atoms with van der Waals surface area (Å²) < 4.78 is 32.5. The lowest BCUT2D eigenvalue weighted by molar-refractivity contribution is -0.153. The quantitative estimate of drug-likeness (QED) is 0.474. The molecule has 1 saturated heterocycles. The summed E-state index contributed by atoms with van der Waals surface area (Å²) in [6.07, 6.45) is 1.62. The molecule has 1 N–H and O–H groups in total. The molecule has 166 valence electrons. The molecule has 1 aromatic carbocycles. The van der Waals surface area contributed by atoms with Gasteiger partial charge in [0.05, 0.1) is 11.4 Å². The Morgan fingerprint density at radius 3 is 2.55 bits per heavy atom. The van der Waals surface area contributed by atoms with Crippen molar-refractivity contribution in [3.63, 3.8) is 0 Å². The van der Waals surface area contributed by atoms with E-state index in [1.165, 1.54) is 42.5 Å². The number of hydrogen-bond acceptors (Lipinski definition) is 7. The molecule has 2 heterocycles. The van der Waals surface area contributed by atoms with E-state index in [0.29, 0.717) is 31.4 Å². The summed E-state index contributed by atoms with van der Waals surface area (Å²) in [6, 6.07) is 8.39. The van der Waals surface area contributed by atoms with Gasteiger partial charge in [0.2, 0.25) is 10.0 Å². The van der Waals surface area contributed by atoms with Crippen molar-refractivity contribution in [2.45, 2.75) is 43.7 Å². The first-order valence-electron chi connectivity index (χ1n) is 9.87. The number of benzene rings is 1. The first-order valence-corrected chi connectivity index (χ1v) is 12.2. The van der Waals surface area contributed by atoms with Gasteiger partial charge in [-0.3, -0.25) is 14.4 Å². The summed E-state index contributed by atoms with van der Waals surface area (Å²) >= 11 is 1.50. The zero-order valence-corrected chi connectivity index (χ0v) is 18.7. The van der Waals surface area contributed by atoms with E-state index in [-0.39, 0.29) is 17.2 Å². The monoisotopic (exact) mass is 464 g/mol. The van der Waals surface area contributed by atoms with Gasteiger partial charge >= 0.3 is 5.97 Å². The van der Waals surface area contributed by atoms with E-state index < -0.39 is 34.5 Å². The number of rotatable bonds is 8. The molecule has 8 nitrogen and oxygen atoms in total. The number of carbonyl (C=O) groups excluding carboxylic acids is 3. The molecule has 1 atom stereocenters. The van der Waals surface area contributed by atoms with Gasteiger partial charge in [0.1, 0.15) is 6.04 Å². The van der Waals surface area contributed by atoms with Gasteiger partial charge < -0.3 is 10.1 Å². The fourth-order valence-corrected chi connectivity index (χ4v) is 5.60. The fourth-order valence-electron chi connectivity index (χ4n) is 3.31. The zero-order chi connectivity index (χ0) is 22.4. The average molecular weight is 465 g/mol. The molecule has 1 unspecified atom stereocenters. The molecule has 1 aromatic heterocycles. The number of piperidine rings is 1. The molecule has 1 fully saturated rings. The van der Waals surface area contributed by atoms with Crippen LogP contribution in [0.15, 0.2) is 46.7 Å². The van der Waals surface area contributed by atoms with Crippen molar-refractivity contribution in [2.24, 2.45) is 0 Å². The Morgan fingerprint density at radius 2 is 1.90 bits per heavy atom. The normalized spacial score (nSPS) is 17.1. The summed E-state index contributed by atoms with van der Waals surface area (Å²) in [6.45, 7) is 1.45. The van der Waals surface area contributed by atoms with Crippen molar-refractivity contribution in [2.75, 3.05) is 13.2 Å². The molecule has 1 aliphatic rings. The summed E-state index contributed by atoms with van der Waals surface area (Å²) in [5.74, 6) is -1.36. The highest BCUT2D eigenvalue weighted by molar-refractivity contribution is 7.89. The number of nitrogens with zero attached hydrogens (tertiary/aromatic N) is 1. The van der Waals surface area contributed by atoms with Gasteiger partial charge in [0.25, 0.3) is 5.91 Å². The second-order valence-corrected chi connectivity index (χ2v) is 10.1. The van der Waals surface area contributed by atoms with Crippen molar-refractivity contribution in [3.05, 3.63) is 52.2 Å². The highest BCUT2D eigenvalue weighted by Gasteiger charge is 2.38. The molecule has 0 aliphatic carbocycles. The average Bonchev–Trinajstić information content (AvgIpc) is 3.30. The van der Waals surface area contributed by atoms with Crippen LogP contribution in [0.4, 0.5) is 0 Å². The van der Waals surface area contributed by atoms with Crippen LogP contribution < -0.4 is 5.32 Å². The largest absolute Gasteiger partial charge is 0.454 e. The number of ketones is 1. The minimum Gasteiger partial charge on any atom is -0.454 e. The van der Waals surface area contributed by atoms with Gasteiger partial charge in [-0.25, -0.2) is 8.42 Å². The van der Waals surface area contributed by atoms with Crippen LogP contribution in [0.2, 0.25) is 0 Å². The molecule has 2 aromatic rings. The lowest BCUT2D eigenvalue weighted by Gasteiger charge is -2.33. The number of carbonyl (C=O) groups is 3. The first-order chi connectivity index (χ1) is 14.8.